The van der Waals surface area contributed by atoms with Gasteiger partial charge in [0.05, 0.1) is 12.8 Å². The topological polar surface area (TPSA) is 88.1 Å². The fraction of sp³-hybridized carbons (Fsp3) is 0.217. The summed E-state index contributed by atoms with van der Waals surface area (Å²) in [6.07, 6.45) is 5.80. The van der Waals surface area contributed by atoms with Gasteiger partial charge in [0.1, 0.15) is 17.6 Å². The molecule has 0 atom stereocenters. The van der Waals surface area contributed by atoms with E-state index in [0.717, 1.165) is 33.7 Å². The van der Waals surface area contributed by atoms with Crippen LogP contribution in [0.2, 0.25) is 0 Å². The highest BCUT2D eigenvalue weighted by molar-refractivity contribution is 5.80. The molecule has 0 fully saturated rings. The minimum atomic E-state index is -0.283. The van der Waals surface area contributed by atoms with Gasteiger partial charge in [-0.3, -0.25) is 9.38 Å². The molecular weight excluding hydrogens is 395 g/mol. The minimum absolute atomic E-state index is 0.241. The first-order chi connectivity index (χ1) is 15.0. The zero-order chi connectivity index (χ0) is 21.5. The number of aromatic nitrogens is 4. The van der Waals surface area contributed by atoms with E-state index in [1.807, 2.05) is 19.9 Å². The van der Waals surface area contributed by atoms with Crippen molar-refractivity contribution >= 4 is 11.6 Å². The standard InChI is InChI=1S/C23H19FN6O/c1-13-7-14(2)26-9-17(13)19-11-28-23(30-12-15(8-25)29-22(19)30)27-10-18-16-5-6-31-21(16)4-3-20(18)24/h3-4,7,9,11-12H,5-6,10H2,1-2H3,(H,27,28). The second kappa shape index (κ2) is 7.36. The average molecular weight is 414 g/mol. The highest BCUT2D eigenvalue weighted by Crippen LogP contribution is 2.31. The molecule has 4 heterocycles. The Morgan fingerprint density at radius 1 is 1.23 bits per heavy atom. The van der Waals surface area contributed by atoms with Gasteiger partial charge in [-0.2, -0.15) is 5.26 Å². The molecule has 0 saturated heterocycles. The maximum Gasteiger partial charge on any atom is 0.208 e. The Balaban J connectivity index is 1.56. The Morgan fingerprint density at radius 2 is 2.06 bits per heavy atom. The molecule has 31 heavy (non-hydrogen) atoms. The Bertz CT molecular complexity index is 1370. The van der Waals surface area contributed by atoms with Gasteiger partial charge in [-0.15, -0.1) is 0 Å². The highest BCUT2D eigenvalue weighted by Gasteiger charge is 2.20. The predicted molar refractivity (Wildman–Crippen MR) is 113 cm³/mol. The van der Waals surface area contributed by atoms with Gasteiger partial charge in [0, 0.05) is 53.3 Å². The van der Waals surface area contributed by atoms with Crippen LogP contribution in [-0.2, 0) is 13.0 Å². The largest absolute Gasteiger partial charge is 0.493 e. The van der Waals surface area contributed by atoms with Crippen molar-refractivity contribution in [3.8, 4) is 22.9 Å². The summed E-state index contributed by atoms with van der Waals surface area (Å²) in [5, 5.41) is 12.6. The van der Waals surface area contributed by atoms with Gasteiger partial charge in [-0.1, -0.05) is 0 Å². The monoisotopic (exact) mass is 414 g/mol. The summed E-state index contributed by atoms with van der Waals surface area (Å²) in [5.41, 5.74) is 5.94. The number of hydrogen-bond acceptors (Lipinski definition) is 6. The Kier molecular flexibility index (Phi) is 4.51. The van der Waals surface area contributed by atoms with E-state index in [0.29, 0.717) is 30.2 Å². The van der Waals surface area contributed by atoms with E-state index in [9.17, 15) is 9.65 Å². The fourth-order valence-corrected chi connectivity index (χ4v) is 4.00. The van der Waals surface area contributed by atoms with Crippen LogP contribution in [-0.4, -0.2) is 26.0 Å². The van der Waals surface area contributed by atoms with Gasteiger partial charge < -0.3 is 10.1 Å². The maximum absolute atomic E-state index is 14.5. The quantitative estimate of drug-likeness (QED) is 0.544. The lowest BCUT2D eigenvalue weighted by molar-refractivity contribution is 0.356. The number of hydrogen-bond donors (Lipinski definition) is 1. The van der Waals surface area contributed by atoms with Crippen molar-refractivity contribution in [3.63, 3.8) is 0 Å². The van der Waals surface area contributed by atoms with Crippen molar-refractivity contribution in [2.75, 3.05) is 11.9 Å². The summed E-state index contributed by atoms with van der Waals surface area (Å²) in [5.74, 6) is 0.916. The lowest BCUT2D eigenvalue weighted by atomic mass is 10.0. The molecule has 1 N–H and O–H groups in total. The van der Waals surface area contributed by atoms with Gasteiger partial charge >= 0.3 is 0 Å². The summed E-state index contributed by atoms with van der Waals surface area (Å²) in [6, 6.07) is 7.16. The second-order valence-corrected chi connectivity index (χ2v) is 7.52. The molecule has 3 aromatic heterocycles. The molecule has 0 bridgehead atoms. The van der Waals surface area contributed by atoms with E-state index in [2.05, 4.69) is 26.3 Å². The summed E-state index contributed by atoms with van der Waals surface area (Å²) in [6.45, 7) is 4.73. The molecule has 8 heteroatoms. The van der Waals surface area contributed by atoms with Crippen LogP contribution in [0.15, 0.2) is 36.8 Å². The number of nitrogens with zero attached hydrogens (tertiary/aromatic N) is 5. The van der Waals surface area contributed by atoms with Crippen molar-refractivity contribution in [1.82, 2.24) is 19.4 Å². The van der Waals surface area contributed by atoms with Crippen molar-refractivity contribution in [2.45, 2.75) is 26.8 Å². The molecule has 1 aliphatic heterocycles. The zero-order valence-electron chi connectivity index (χ0n) is 17.1. The molecule has 7 nitrogen and oxygen atoms in total. The molecule has 0 unspecified atom stereocenters. The van der Waals surface area contributed by atoms with Crippen LogP contribution in [0.1, 0.15) is 28.1 Å². The zero-order valence-corrected chi connectivity index (χ0v) is 17.1. The van der Waals surface area contributed by atoms with Crippen molar-refractivity contribution in [2.24, 2.45) is 0 Å². The summed E-state index contributed by atoms with van der Waals surface area (Å²) in [4.78, 5) is 13.4. The van der Waals surface area contributed by atoms with Gasteiger partial charge in [-0.05, 0) is 37.6 Å². The van der Waals surface area contributed by atoms with E-state index < -0.39 is 0 Å². The first-order valence-electron chi connectivity index (χ1n) is 9.94. The number of nitriles is 1. The van der Waals surface area contributed by atoms with Gasteiger partial charge in [0.2, 0.25) is 5.95 Å². The molecular formula is C23H19FN6O. The first kappa shape index (κ1) is 19.0. The third kappa shape index (κ3) is 3.24. The molecule has 154 valence electrons. The van der Waals surface area contributed by atoms with E-state index >= 15 is 0 Å². The number of halogens is 1. The average Bonchev–Trinajstić information content (AvgIpc) is 3.40. The van der Waals surface area contributed by atoms with Crippen LogP contribution >= 0.6 is 0 Å². The van der Waals surface area contributed by atoms with Gasteiger partial charge in [0.25, 0.3) is 0 Å². The van der Waals surface area contributed by atoms with Gasteiger partial charge in [-0.25, -0.2) is 14.4 Å². The molecule has 0 amide bonds. The van der Waals surface area contributed by atoms with Crippen LogP contribution in [0.4, 0.5) is 10.3 Å². The van der Waals surface area contributed by atoms with Crippen molar-refractivity contribution in [3.05, 3.63) is 70.7 Å². The summed E-state index contributed by atoms with van der Waals surface area (Å²) in [7, 11) is 0. The third-order valence-electron chi connectivity index (χ3n) is 5.51. The summed E-state index contributed by atoms with van der Waals surface area (Å²) >= 11 is 0. The van der Waals surface area contributed by atoms with Crippen LogP contribution in [0.5, 0.6) is 5.75 Å². The lowest BCUT2D eigenvalue weighted by Crippen LogP contribution is -2.10. The number of fused-ring (bicyclic) bond motifs is 2. The normalized spacial score (nSPS) is 12.5. The summed E-state index contributed by atoms with van der Waals surface area (Å²) < 4.78 is 21.8. The lowest BCUT2D eigenvalue weighted by Gasteiger charge is -2.13. The molecule has 1 aromatic carbocycles. The number of imidazole rings is 1. The van der Waals surface area contributed by atoms with Crippen LogP contribution < -0.4 is 10.1 Å². The van der Waals surface area contributed by atoms with Crippen molar-refractivity contribution in [1.29, 1.82) is 5.26 Å². The maximum atomic E-state index is 14.5. The van der Waals surface area contributed by atoms with Gasteiger partial charge in [0.15, 0.2) is 11.3 Å². The number of pyridine rings is 1. The first-order valence-corrected chi connectivity index (χ1v) is 9.94. The fourth-order valence-electron chi connectivity index (χ4n) is 4.00. The smallest absolute Gasteiger partial charge is 0.208 e. The van der Waals surface area contributed by atoms with E-state index in [4.69, 9.17) is 4.74 Å². The van der Waals surface area contributed by atoms with Crippen LogP contribution in [0.3, 0.4) is 0 Å². The molecule has 1 aliphatic rings. The van der Waals surface area contributed by atoms with E-state index in [1.165, 1.54) is 6.07 Å². The predicted octanol–water partition coefficient (Wildman–Crippen LogP) is 3.97. The molecule has 0 saturated carbocycles. The number of ether oxygens (including phenoxy) is 1. The van der Waals surface area contributed by atoms with E-state index in [1.54, 1.807) is 29.1 Å². The Hall–Kier alpha value is -3.99. The molecule has 0 spiro atoms. The SMILES string of the molecule is Cc1cc(C)c(-c2cnc(NCc3c(F)ccc4c3CCO4)n3cc(C#N)nc23)cn1. The number of benzene rings is 1. The van der Waals surface area contributed by atoms with Crippen molar-refractivity contribution < 1.29 is 9.13 Å². The Morgan fingerprint density at radius 3 is 2.87 bits per heavy atom. The Labute approximate surface area is 178 Å². The highest BCUT2D eigenvalue weighted by atomic mass is 19.1. The molecule has 4 aromatic rings. The number of aryl methyl sites for hydroxylation is 2. The second-order valence-electron chi connectivity index (χ2n) is 7.52. The minimum Gasteiger partial charge on any atom is -0.493 e. The molecule has 5 rings (SSSR count). The number of anilines is 1. The molecule has 0 aliphatic carbocycles. The molecule has 0 radical (unpaired) electrons. The number of rotatable bonds is 4. The van der Waals surface area contributed by atoms with E-state index in [-0.39, 0.29) is 18.1 Å². The number of nitrogens with one attached hydrogen (secondary N) is 1. The van der Waals surface area contributed by atoms with Crippen LogP contribution in [0, 0.1) is 31.0 Å². The third-order valence-corrected chi connectivity index (χ3v) is 5.51. The van der Waals surface area contributed by atoms with Crippen LogP contribution in [0.25, 0.3) is 16.8 Å².